The highest BCUT2D eigenvalue weighted by atomic mass is 16.5. The third-order valence-electron chi connectivity index (χ3n) is 9.70. The van der Waals surface area contributed by atoms with Crippen LogP contribution in [0.4, 0.5) is 0 Å². The summed E-state index contributed by atoms with van der Waals surface area (Å²) in [5, 5.41) is 7.50. The van der Waals surface area contributed by atoms with Crippen molar-refractivity contribution in [2.45, 2.75) is 73.1 Å². The lowest BCUT2D eigenvalue weighted by Gasteiger charge is -2.32. The second-order valence-electron chi connectivity index (χ2n) is 12.7. The van der Waals surface area contributed by atoms with E-state index in [4.69, 9.17) is 14.8 Å². The highest BCUT2D eigenvalue weighted by Gasteiger charge is 2.32. The number of ether oxygens (including phenoxy) is 1. The molecule has 0 spiro atoms. The number of aromatic nitrogens is 4. The van der Waals surface area contributed by atoms with Gasteiger partial charge in [0.1, 0.15) is 17.3 Å². The molecule has 0 fully saturated rings. The molecule has 3 aromatic heterocycles. The number of nitrogens with zero attached hydrogens (tertiary/aromatic N) is 4. The Hall–Kier alpha value is -4.64. The molecule has 0 amide bonds. The number of hydrogen-bond donors (Lipinski definition) is 0. The van der Waals surface area contributed by atoms with Crippen LogP contribution >= 0.6 is 0 Å². The zero-order valence-corrected chi connectivity index (χ0v) is 27.3. The Balaban J connectivity index is 1.29. The molecule has 0 radical (unpaired) electrons. The number of rotatable bonds is 7. The van der Waals surface area contributed by atoms with Crippen molar-refractivity contribution in [3.63, 3.8) is 0 Å². The Labute approximate surface area is 266 Å². The van der Waals surface area contributed by atoms with Crippen molar-refractivity contribution < 1.29 is 4.74 Å². The number of benzene rings is 3. The average Bonchev–Trinajstić information content (AvgIpc) is 3.52. The van der Waals surface area contributed by atoms with E-state index < -0.39 is 0 Å². The summed E-state index contributed by atoms with van der Waals surface area (Å²) in [7, 11) is 0. The second-order valence-corrected chi connectivity index (χ2v) is 12.7. The van der Waals surface area contributed by atoms with E-state index in [-0.39, 0.29) is 0 Å². The molecular formula is C40H42N4O. The Kier molecular flexibility index (Phi) is 7.56. The lowest BCUT2D eigenvalue weighted by molar-refractivity contribution is 0.393. The number of fused-ring (bicyclic) bond motifs is 3. The van der Waals surface area contributed by atoms with Crippen molar-refractivity contribution in [1.29, 1.82) is 0 Å². The van der Waals surface area contributed by atoms with Crippen molar-refractivity contribution in [2.24, 2.45) is 5.92 Å². The number of aryl methyl sites for hydroxylation is 3. The summed E-state index contributed by atoms with van der Waals surface area (Å²) in [5.41, 5.74) is 10.9. The quantitative estimate of drug-likeness (QED) is 0.173. The van der Waals surface area contributed by atoms with Gasteiger partial charge in [-0.1, -0.05) is 50.1 Å². The van der Waals surface area contributed by atoms with Crippen LogP contribution in [0.3, 0.4) is 0 Å². The number of allylic oxidation sites excluding steroid dienone is 2. The van der Waals surface area contributed by atoms with E-state index in [9.17, 15) is 0 Å². The molecule has 6 aromatic rings. The topological polar surface area (TPSA) is 44.9 Å². The van der Waals surface area contributed by atoms with Crippen molar-refractivity contribution >= 4 is 21.8 Å². The molecule has 3 heterocycles. The van der Waals surface area contributed by atoms with Gasteiger partial charge in [-0.05, 0) is 106 Å². The third kappa shape index (κ3) is 5.14. The summed E-state index contributed by atoms with van der Waals surface area (Å²) in [6, 6.07) is 25.5. The van der Waals surface area contributed by atoms with Gasteiger partial charge in [0.05, 0.1) is 22.4 Å². The molecule has 0 bridgehead atoms. The SMILES string of the molecule is CCC1=CCC[C@H](CC)C1c1c(C)nn(-c2cc(C)cc(Oc3ccc4c5ccccc5n(-c5cc(C)ccn5)c4c3)c2)c1C. The van der Waals surface area contributed by atoms with Gasteiger partial charge in [0.15, 0.2) is 0 Å². The highest BCUT2D eigenvalue weighted by Crippen LogP contribution is 2.44. The Morgan fingerprint density at radius 2 is 1.64 bits per heavy atom. The lowest BCUT2D eigenvalue weighted by Crippen LogP contribution is -2.19. The van der Waals surface area contributed by atoms with Crippen LogP contribution in [0, 0.1) is 33.6 Å². The van der Waals surface area contributed by atoms with Gasteiger partial charge in [-0.15, -0.1) is 0 Å². The molecule has 0 saturated heterocycles. The number of pyridine rings is 1. The minimum Gasteiger partial charge on any atom is -0.457 e. The molecule has 228 valence electrons. The minimum atomic E-state index is 0.449. The molecule has 1 aliphatic rings. The van der Waals surface area contributed by atoms with E-state index in [1.165, 1.54) is 46.9 Å². The van der Waals surface area contributed by atoms with Crippen LogP contribution < -0.4 is 4.74 Å². The van der Waals surface area contributed by atoms with E-state index in [1.807, 2.05) is 12.3 Å². The number of hydrogen-bond acceptors (Lipinski definition) is 3. The van der Waals surface area contributed by atoms with Gasteiger partial charge in [0.25, 0.3) is 0 Å². The Bertz CT molecular complexity index is 2080. The van der Waals surface area contributed by atoms with Gasteiger partial charge >= 0.3 is 0 Å². The summed E-state index contributed by atoms with van der Waals surface area (Å²) >= 11 is 0. The molecule has 45 heavy (non-hydrogen) atoms. The van der Waals surface area contributed by atoms with Gasteiger partial charge in [-0.3, -0.25) is 4.57 Å². The summed E-state index contributed by atoms with van der Waals surface area (Å²) < 4.78 is 11.0. The first-order valence-electron chi connectivity index (χ1n) is 16.4. The van der Waals surface area contributed by atoms with Crippen LogP contribution in [0.25, 0.3) is 33.3 Å². The molecule has 5 nitrogen and oxygen atoms in total. The van der Waals surface area contributed by atoms with Crippen LogP contribution in [-0.2, 0) is 0 Å². The van der Waals surface area contributed by atoms with Crippen LogP contribution in [0.1, 0.15) is 73.5 Å². The van der Waals surface area contributed by atoms with Crippen LogP contribution in [0.2, 0.25) is 0 Å². The maximum absolute atomic E-state index is 6.62. The largest absolute Gasteiger partial charge is 0.457 e. The number of para-hydroxylation sites is 1. The Morgan fingerprint density at radius 3 is 2.44 bits per heavy atom. The zero-order chi connectivity index (χ0) is 31.2. The predicted molar refractivity (Wildman–Crippen MR) is 185 cm³/mol. The fourth-order valence-electron chi connectivity index (χ4n) is 7.61. The van der Waals surface area contributed by atoms with E-state index >= 15 is 0 Å². The summed E-state index contributed by atoms with van der Waals surface area (Å²) in [6.45, 7) is 13.3. The fourth-order valence-corrected chi connectivity index (χ4v) is 7.61. The monoisotopic (exact) mass is 594 g/mol. The predicted octanol–water partition coefficient (Wildman–Crippen LogP) is 10.6. The normalized spacial score (nSPS) is 16.8. The van der Waals surface area contributed by atoms with Crippen LogP contribution in [0.5, 0.6) is 11.5 Å². The van der Waals surface area contributed by atoms with Gasteiger partial charge in [0.2, 0.25) is 0 Å². The van der Waals surface area contributed by atoms with Crippen molar-refractivity contribution in [2.75, 3.05) is 0 Å². The first-order chi connectivity index (χ1) is 21.9. The second kappa shape index (κ2) is 11.7. The zero-order valence-electron chi connectivity index (χ0n) is 27.3. The summed E-state index contributed by atoms with van der Waals surface area (Å²) in [6.07, 6.45) is 9.09. The molecule has 1 unspecified atom stereocenters. The smallest absolute Gasteiger partial charge is 0.137 e. The first kappa shape index (κ1) is 29.1. The maximum atomic E-state index is 6.62. The van der Waals surface area contributed by atoms with Crippen molar-refractivity contribution in [3.8, 4) is 23.0 Å². The molecular weight excluding hydrogens is 552 g/mol. The molecule has 2 atom stereocenters. The molecule has 7 rings (SSSR count). The van der Waals surface area contributed by atoms with E-state index in [0.29, 0.717) is 11.8 Å². The van der Waals surface area contributed by atoms with Gasteiger partial charge < -0.3 is 4.74 Å². The molecule has 0 N–H and O–H groups in total. The van der Waals surface area contributed by atoms with Gasteiger partial charge in [-0.25, -0.2) is 9.67 Å². The fraction of sp³-hybridized carbons (Fsp3) is 0.300. The van der Waals surface area contributed by atoms with Crippen molar-refractivity contribution in [3.05, 3.63) is 119 Å². The highest BCUT2D eigenvalue weighted by molar-refractivity contribution is 6.09. The standard InChI is InChI=1S/C40H42N4O/c1-7-29-12-11-13-30(8-2)40(29)39-27(5)42-44(28(39)6)31-20-26(4)21-33(23-31)45-32-16-17-35-34-14-9-10-15-36(34)43(37(35)24-32)38-22-25(3)18-19-41-38/h9-10,12,14-24,30,40H,7-8,11,13H2,1-6H3/t30-,40?/m0/s1. The van der Waals surface area contributed by atoms with E-state index in [2.05, 4.69) is 124 Å². The summed E-state index contributed by atoms with van der Waals surface area (Å²) in [5.74, 6) is 3.60. The van der Waals surface area contributed by atoms with Crippen molar-refractivity contribution in [1.82, 2.24) is 19.3 Å². The van der Waals surface area contributed by atoms with Gasteiger partial charge in [-0.2, -0.15) is 5.10 Å². The maximum Gasteiger partial charge on any atom is 0.137 e. The molecule has 3 aromatic carbocycles. The van der Waals surface area contributed by atoms with Crippen LogP contribution in [-0.4, -0.2) is 19.3 Å². The van der Waals surface area contributed by atoms with Crippen LogP contribution in [0.15, 0.2) is 90.6 Å². The molecule has 0 saturated carbocycles. The third-order valence-corrected chi connectivity index (χ3v) is 9.70. The summed E-state index contributed by atoms with van der Waals surface area (Å²) in [4.78, 5) is 4.73. The first-order valence-corrected chi connectivity index (χ1v) is 16.4. The lowest BCUT2D eigenvalue weighted by atomic mass is 9.72. The Morgan fingerprint density at radius 1 is 0.822 bits per heavy atom. The minimum absolute atomic E-state index is 0.449. The molecule has 1 aliphatic carbocycles. The average molecular weight is 595 g/mol. The molecule has 5 heteroatoms. The van der Waals surface area contributed by atoms with E-state index in [0.717, 1.165) is 51.7 Å². The van der Waals surface area contributed by atoms with E-state index in [1.54, 1.807) is 5.57 Å². The van der Waals surface area contributed by atoms with Gasteiger partial charge in [0, 0.05) is 46.3 Å². The molecule has 0 aliphatic heterocycles.